The molecular formula is C17H20N2O5. The minimum absolute atomic E-state index is 0.372. The number of benzene rings is 2. The molecular weight excluding hydrogens is 312 g/mol. The van der Waals surface area contributed by atoms with Crippen LogP contribution >= 0.6 is 0 Å². The van der Waals surface area contributed by atoms with Gasteiger partial charge in [-0.25, -0.2) is 9.86 Å². The number of rotatable bonds is 6. The average Bonchev–Trinajstić information content (AvgIpc) is 2.62. The first-order valence-electron chi connectivity index (χ1n) is 7.16. The van der Waals surface area contributed by atoms with Gasteiger partial charge in [-0.2, -0.15) is 0 Å². The van der Waals surface area contributed by atoms with Gasteiger partial charge >= 0.3 is 6.03 Å². The Morgan fingerprint density at radius 2 is 1.58 bits per heavy atom. The Bertz CT molecular complexity index is 688. The molecule has 7 heteroatoms. The van der Waals surface area contributed by atoms with Crippen LogP contribution in [0.15, 0.2) is 42.5 Å². The Morgan fingerprint density at radius 3 is 2.17 bits per heavy atom. The third-order valence-electron chi connectivity index (χ3n) is 3.26. The molecule has 1 N–H and O–H groups in total. The number of hydroxylamine groups is 2. The standard InChI is InChI=1S/C17H20N2O5/c1-19(23-4)17(20)18-12-5-7-13(8-6-12)24-15-10-9-14(21-2)11-16(15)22-3/h5-11H,1-4H3,(H,18,20). The van der Waals surface area contributed by atoms with Crippen LogP contribution in [-0.4, -0.2) is 39.5 Å². The van der Waals surface area contributed by atoms with E-state index in [1.807, 2.05) is 0 Å². The van der Waals surface area contributed by atoms with Crippen molar-refractivity contribution < 1.29 is 23.8 Å². The normalized spacial score (nSPS) is 10.0. The van der Waals surface area contributed by atoms with E-state index >= 15 is 0 Å². The molecule has 128 valence electrons. The van der Waals surface area contributed by atoms with Crippen molar-refractivity contribution in [2.24, 2.45) is 0 Å². The molecule has 0 aromatic heterocycles. The fraction of sp³-hybridized carbons (Fsp3) is 0.235. The van der Waals surface area contributed by atoms with Crippen molar-refractivity contribution >= 4 is 11.7 Å². The predicted molar refractivity (Wildman–Crippen MR) is 89.9 cm³/mol. The lowest BCUT2D eigenvalue weighted by Crippen LogP contribution is -2.30. The highest BCUT2D eigenvalue weighted by Gasteiger charge is 2.09. The highest BCUT2D eigenvalue weighted by molar-refractivity contribution is 5.88. The van der Waals surface area contributed by atoms with Crippen LogP contribution in [0.5, 0.6) is 23.0 Å². The monoisotopic (exact) mass is 332 g/mol. The maximum Gasteiger partial charge on any atom is 0.345 e. The molecule has 0 spiro atoms. The van der Waals surface area contributed by atoms with E-state index in [0.29, 0.717) is 28.7 Å². The summed E-state index contributed by atoms with van der Waals surface area (Å²) in [7, 11) is 6.08. The summed E-state index contributed by atoms with van der Waals surface area (Å²) in [5.41, 5.74) is 0.623. The minimum Gasteiger partial charge on any atom is -0.497 e. The first kappa shape index (κ1) is 17.4. The molecule has 2 rings (SSSR count). The first-order valence-corrected chi connectivity index (χ1v) is 7.16. The van der Waals surface area contributed by atoms with E-state index in [2.05, 4.69) is 5.32 Å². The summed E-state index contributed by atoms with van der Waals surface area (Å²) < 4.78 is 16.2. The number of nitrogens with one attached hydrogen (secondary N) is 1. The van der Waals surface area contributed by atoms with Crippen molar-refractivity contribution in [1.82, 2.24) is 5.06 Å². The summed E-state index contributed by atoms with van der Waals surface area (Å²) >= 11 is 0. The smallest absolute Gasteiger partial charge is 0.345 e. The van der Waals surface area contributed by atoms with Crippen LogP contribution in [0, 0.1) is 0 Å². The largest absolute Gasteiger partial charge is 0.497 e. The second kappa shape index (κ2) is 8.07. The van der Waals surface area contributed by atoms with Crippen molar-refractivity contribution in [3.05, 3.63) is 42.5 Å². The number of ether oxygens (including phenoxy) is 3. The van der Waals surface area contributed by atoms with Gasteiger partial charge in [0, 0.05) is 18.8 Å². The number of amides is 2. The summed E-state index contributed by atoms with van der Waals surface area (Å²) in [5, 5.41) is 3.78. The van der Waals surface area contributed by atoms with Crippen LogP contribution in [0.25, 0.3) is 0 Å². The van der Waals surface area contributed by atoms with Gasteiger partial charge in [0.05, 0.1) is 21.3 Å². The number of hydrogen-bond acceptors (Lipinski definition) is 5. The zero-order valence-electron chi connectivity index (χ0n) is 14.0. The number of urea groups is 1. The van der Waals surface area contributed by atoms with E-state index in [-0.39, 0.29) is 6.03 Å². The molecule has 2 amide bonds. The third-order valence-corrected chi connectivity index (χ3v) is 3.26. The summed E-state index contributed by atoms with van der Waals surface area (Å²) in [6.07, 6.45) is 0. The SMILES string of the molecule is COc1ccc(Oc2ccc(NC(=O)N(C)OC)cc2)c(OC)c1. The van der Waals surface area contributed by atoms with E-state index in [9.17, 15) is 4.79 Å². The second-order valence-electron chi connectivity index (χ2n) is 4.75. The molecule has 0 unspecified atom stereocenters. The van der Waals surface area contributed by atoms with Crippen LogP contribution in [-0.2, 0) is 4.84 Å². The van der Waals surface area contributed by atoms with Gasteiger partial charge in [-0.1, -0.05) is 0 Å². The number of anilines is 1. The van der Waals surface area contributed by atoms with Crippen LogP contribution in [0.3, 0.4) is 0 Å². The number of carbonyl (C=O) groups is 1. The second-order valence-corrected chi connectivity index (χ2v) is 4.75. The van der Waals surface area contributed by atoms with Crippen LogP contribution in [0.4, 0.5) is 10.5 Å². The molecule has 0 aliphatic rings. The highest BCUT2D eigenvalue weighted by atomic mass is 16.7. The minimum atomic E-state index is -0.372. The summed E-state index contributed by atoms with van der Waals surface area (Å²) in [6, 6.07) is 11.9. The molecule has 24 heavy (non-hydrogen) atoms. The van der Waals surface area contributed by atoms with Crippen molar-refractivity contribution in [3.8, 4) is 23.0 Å². The van der Waals surface area contributed by atoms with Crippen LogP contribution in [0.1, 0.15) is 0 Å². The van der Waals surface area contributed by atoms with Gasteiger partial charge in [-0.3, -0.25) is 4.84 Å². The molecule has 0 aliphatic carbocycles. The summed E-state index contributed by atoms with van der Waals surface area (Å²) in [6.45, 7) is 0. The van der Waals surface area contributed by atoms with Gasteiger partial charge in [0.25, 0.3) is 0 Å². The maximum atomic E-state index is 11.7. The average molecular weight is 332 g/mol. The molecule has 0 heterocycles. The predicted octanol–water partition coefficient (Wildman–Crippen LogP) is 3.52. The van der Waals surface area contributed by atoms with Gasteiger partial charge in [0.1, 0.15) is 11.5 Å². The lowest BCUT2D eigenvalue weighted by atomic mass is 10.2. The Hall–Kier alpha value is -2.93. The lowest BCUT2D eigenvalue weighted by molar-refractivity contribution is -0.0598. The zero-order chi connectivity index (χ0) is 17.5. The maximum absolute atomic E-state index is 11.7. The fourth-order valence-electron chi connectivity index (χ4n) is 1.88. The molecule has 0 saturated carbocycles. The van der Waals surface area contributed by atoms with Gasteiger partial charge in [0.2, 0.25) is 0 Å². The van der Waals surface area contributed by atoms with Crippen molar-refractivity contribution in [1.29, 1.82) is 0 Å². The molecule has 0 bridgehead atoms. The molecule has 0 radical (unpaired) electrons. The first-order chi connectivity index (χ1) is 11.6. The topological polar surface area (TPSA) is 69.3 Å². The molecule has 2 aromatic carbocycles. The van der Waals surface area contributed by atoms with Crippen molar-refractivity contribution in [2.75, 3.05) is 33.7 Å². The van der Waals surface area contributed by atoms with E-state index < -0.39 is 0 Å². The van der Waals surface area contributed by atoms with Crippen molar-refractivity contribution in [3.63, 3.8) is 0 Å². The number of carbonyl (C=O) groups excluding carboxylic acids is 1. The number of hydrogen-bond donors (Lipinski definition) is 1. The van der Waals surface area contributed by atoms with Crippen molar-refractivity contribution in [2.45, 2.75) is 0 Å². The Kier molecular flexibility index (Phi) is 5.86. The molecule has 0 fully saturated rings. The van der Waals surface area contributed by atoms with Gasteiger partial charge < -0.3 is 19.5 Å². The Labute approximate surface area is 140 Å². The third kappa shape index (κ3) is 4.30. The summed E-state index contributed by atoms with van der Waals surface area (Å²) in [4.78, 5) is 16.5. The number of nitrogens with zero attached hydrogens (tertiary/aromatic N) is 1. The Morgan fingerprint density at radius 1 is 0.917 bits per heavy atom. The van der Waals surface area contributed by atoms with E-state index in [0.717, 1.165) is 5.06 Å². The molecule has 0 saturated heterocycles. The molecule has 0 aliphatic heterocycles. The lowest BCUT2D eigenvalue weighted by Gasteiger charge is -2.15. The van der Waals surface area contributed by atoms with Gasteiger partial charge in [-0.05, 0) is 36.4 Å². The zero-order valence-corrected chi connectivity index (χ0v) is 14.0. The molecule has 7 nitrogen and oxygen atoms in total. The van der Waals surface area contributed by atoms with E-state index in [1.54, 1.807) is 56.7 Å². The van der Waals surface area contributed by atoms with Crippen LogP contribution in [0.2, 0.25) is 0 Å². The van der Waals surface area contributed by atoms with E-state index in [4.69, 9.17) is 19.0 Å². The molecule has 0 atom stereocenters. The van der Waals surface area contributed by atoms with Gasteiger partial charge in [-0.15, -0.1) is 0 Å². The van der Waals surface area contributed by atoms with Crippen LogP contribution < -0.4 is 19.5 Å². The quantitative estimate of drug-likeness (QED) is 0.820. The van der Waals surface area contributed by atoms with Gasteiger partial charge in [0.15, 0.2) is 11.5 Å². The Balaban J connectivity index is 2.08. The fourth-order valence-corrected chi connectivity index (χ4v) is 1.88. The highest BCUT2D eigenvalue weighted by Crippen LogP contribution is 2.34. The molecule has 2 aromatic rings. The van der Waals surface area contributed by atoms with E-state index in [1.165, 1.54) is 14.2 Å². The summed E-state index contributed by atoms with van der Waals surface area (Å²) in [5.74, 6) is 2.42. The number of methoxy groups -OCH3 is 2.